The van der Waals surface area contributed by atoms with Crippen molar-refractivity contribution in [1.29, 1.82) is 0 Å². The van der Waals surface area contributed by atoms with Gasteiger partial charge in [-0.25, -0.2) is 0 Å². The van der Waals surface area contributed by atoms with Crippen LogP contribution in [-0.4, -0.2) is 42.9 Å². The molecule has 0 aliphatic carbocycles. The monoisotopic (exact) mass is 331 g/mol. The van der Waals surface area contributed by atoms with Crippen LogP contribution in [-0.2, 0) is 9.59 Å². The van der Waals surface area contributed by atoms with E-state index in [1.54, 1.807) is 4.90 Å². The van der Waals surface area contributed by atoms with E-state index < -0.39 is 11.8 Å². The molecule has 0 bridgehead atoms. The predicted octanol–water partition coefficient (Wildman–Crippen LogP) is 3.18. The van der Waals surface area contributed by atoms with E-state index in [0.717, 1.165) is 50.0 Å². The maximum absolute atomic E-state index is 12.3. The second kappa shape index (κ2) is 8.71. The number of hydrogen-bond donors (Lipinski definition) is 1. The highest BCUT2D eigenvalue weighted by Crippen LogP contribution is 2.23. The minimum absolute atomic E-state index is 0.413. The molecule has 1 aromatic carbocycles. The number of anilines is 2. The summed E-state index contributed by atoms with van der Waals surface area (Å²) < 4.78 is 0. The number of benzene rings is 1. The van der Waals surface area contributed by atoms with E-state index in [4.69, 9.17) is 0 Å². The van der Waals surface area contributed by atoms with Crippen molar-refractivity contribution >= 4 is 23.2 Å². The molecule has 0 unspecified atom stereocenters. The number of aryl methyl sites for hydroxylation is 1. The summed E-state index contributed by atoms with van der Waals surface area (Å²) in [6, 6.07) is 5.93. The van der Waals surface area contributed by atoms with Crippen molar-refractivity contribution in [2.75, 3.05) is 36.4 Å². The van der Waals surface area contributed by atoms with Crippen molar-refractivity contribution in [3.05, 3.63) is 23.8 Å². The molecule has 24 heavy (non-hydrogen) atoms. The Morgan fingerprint density at radius 2 is 1.71 bits per heavy atom. The average molecular weight is 331 g/mol. The van der Waals surface area contributed by atoms with Crippen LogP contribution in [0.1, 0.15) is 45.1 Å². The molecule has 0 radical (unpaired) electrons. The normalized spacial score (nSPS) is 14.9. The van der Waals surface area contributed by atoms with Gasteiger partial charge in [-0.1, -0.05) is 12.8 Å². The quantitative estimate of drug-likeness (QED) is 0.862. The van der Waals surface area contributed by atoms with Gasteiger partial charge in [0.05, 0.1) is 0 Å². The van der Waals surface area contributed by atoms with E-state index in [2.05, 4.69) is 30.1 Å². The van der Waals surface area contributed by atoms with Gasteiger partial charge >= 0.3 is 11.8 Å². The number of likely N-dealkylation sites (tertiary alicyclic amines) is 1. The first-order valence-corrected chi connectivity index (χ1v) is 9.02. The van der Waals surface area contributed by atoms with Crippen LogP contribution < -0.4 is 10.2 Å². The lowest BCUT2D eigenvalue weighted by molar-refractivity contribution is -0.143. The van der Waals surface area contributed by atoms with Crippen LogP contribution >= 0.6 is 0 Å². The van der Waals surface area contributed by atoms with Gasteiger partial charge in [0.2, 0.25) is 0 Å². The second-order valence-electron chi connectivity index (χ2n) is 6.33. The summed E-state index contributed by atoms with van der Waals surface area (Å²) in [5.74, 6) is -0.945. The van der Waals surface area contributed by atoms with Gasteiger partial charge in [0.1, 0.15) is 0 Å². The van der Waals surface area contributed by atoms with Crippen LogP contribution in [0, 0.1) is 6.92 Å². The van der Waals surface area contributed by atoms with Crippen molar-refractivity contribution in [2.45, 2.75) is 46.5 Å². The molecule has 1 N–H and O–H groups in total. The summed E-state index contributed by atoms with van der Waals surface area (Å²) in [5, 5.41) is 2.78. The lowest BCUT2D eigenvalue weighted by atomic mass is 10.1. The fourth-order valence-corrected chi connectivity index (χ4v) is 3.17. The molecule has 0 saturated carbocycles. The lowest BCUT2D eigenvalue weighted by Gasteiger charge is -2.23. The van der Waals surface area contributed by atoms with Crippen molar-refractivity contribution in [3.8, 4) is 0 Å². The van der Waals surface area contributed by atoms with Crippen LogP contribution in [0.2, 0.25) is 0 Å². The molecule has 1 aliphatic rings. The van der Waals surface area contributed by atoms with Gasteiger partial charge in [-0.15, -0.1) is 0 Å². The first-order valence-electron chi connectivity index (χ1n) is 9.02. The molecule has 1 heterocycles. The number of nitrogens with zero attached hydrogens (tertiary/aromatic N) is 2. The summed E-state index contributed by atoms with van der Waals surface area (Å²) in [6.45, 7) is 9.45. The van der Waals surface area contributed by atoms with Crippen molar-refractivity contribution in [1.82, 2.24) is 4.90 Å². The van der Waals surface area contributed by atoms with Crippen LogP contribution in [0.25, 0.3) is 0 Å². The molecule has 0 atom stereocenters. The zero-order valence-electron chi connectivity index (χ0n) is 15.1. The van der Waals surface area contributed by atoms with E-state index in [-0.39, 0.29) is 0 Å². The van der Waals surface area contributed by atoms with Crippen LogP contribution in [0.4, 0.5) is 11.4 Å². The number of hydrogen-bond acceptors (Lipinski definition) is 3. The van der Waals surface area contributed by atoms with Gasteiger partial charge in [-0.2, -0.15) is 0 Å². The SMILES string of the molecule is CCN(CC)c1ccc(NC(=O)C(=O)N2CCCCCC2)c(C)c1. The highest BCUT2D eigenvalue weighted by atomic mass is 16.2. The maximum Gasteiger partial charge on any atom is 0.313 e. The van der Waals surface area contributed by atoms with Gasteiger partial charge in [0, 0.05) is 37.6 Å². The largest absolute Gasteiger partial charge is 0.372 e. The van der Waals surface area contributed by atoms with Crippen LogP contribution in [0.3, 0.4) is 0 Å². The molecular formula is C19H29N3O2. The third kappa shape index (κ3) is 4.49. The molecule has 1 saturated heterocycles. The topological polar surface area (TPSA) is 52.7 Å². The van der Waals surface area contributed by atoms with E-state index >= 15 is 0 Å². The summed E-state index contributed by atoms with van der Waals surface area (Å²) in [4.78, 5) is 28.6. The van der Waals surface area contributed by atoms with Crippen molar-refractivity contribution in [3.63, 3.8) is 0 Å². The highest BCUT2D eigenvalue weighted by Gasteiger charge is 2.23. The Balaban J connectivity index is 2.04. The van der Waals surface area contributed by atoms with Gasteiger partial charge in [-0.05, 0) is 57.4 Å². The fraction of sp³-hybridized carbons (Fsp3) is 0.579. The Kier molecular flexibility index (Phi) is 6.64. The molecule has 1 fully saturated rings. The maximum atomic E-state index is 12.3. The van der Waals surface area contributed by atoms with Crippen molar-refractivity contribution < 1.29 is 9.59 Å². The summed E-state index contributed by atoms with van der Waals surface area (Å²) >= 11 is 0. The minimum Gasteiger partial charge on any atom is -0.372 e. The molecule has 1 aliphatic heterocycles. The third-order valence-corrected chi connectivity index (χ3v) is 4.67. The number of carbonyl (C=O) groups excluding carboxylic acids is 2. The molecule has 0 spiro atoms. The molecule has 2 rings (SSSR count). The Labute approximate surface area is 145 Å². The van der Waals surface area contributed by atoms with Gasteiger partial charge in [0.15, 0.2) is 0 Å². The Bertz CT molecular complexity index is 574. The standard InChI is InChI=1S/C19H29N3O2/c1-4-21(5-2)16-10-11-17(15(3)14-16)20-18(23)19(24)22-12-8-6-7-9-13-22/h10-11,14H,4-9,12-13H2,1-3H3,(H,20,23). The zero-order chi connectivity index (χ0) is 17.5. The number of rotatable bonds is 4. The summed E-state index contributed by atoms with van der Waals surface area (Å²) in [6.07, 6.45) is 4.24. The van der Waals surface area contributed by atoms with Gasteiger partial charge in [0.25, 0.3) is 0 Å². The molecule has 1 aromatic rings. The molecule has 2 amide bonds. The Morgan fingerprint density at radius 3 is 2.25 bits per heavy atom. The predicted molar refractivity (Wildman–Crippen MR) is 98.4 cm³/mol. The van der Waals surface area contributed by atoms with E-state index in [0.29, 0.717) is 18.8 Å². The minimum atomic E-state index is -0.532. The molecule has 5 nitrogen and oxygen atoms in total. The Hall–Kier alpha value is -2.04. The van der Waals surface area contributed by atoms with E-state index in [1.807, 2.05) is 19.1 Å². The zero-order valence-corrected chi connectivity index (χ0v) is 15.1. The highest BCUT2D eigenvalue weighted by molar-refractivity contribution is 6.39. The van der Waals surface area contributed by atoms with Crippen molar-refractivity contribution in [2.24, 2.45) is 0 Å². The number of nitrogens with one attached hydrogen (secondary N) is 1. The van der Waals surface area contributed by atoms with Gasteiger partial charge < -0.3 is 15.1 Å². The van der Waals surface area contributed by atoms with Gasteiger partial charge in [-0.3, -0.25) is 9.59 Å². The number of amides is 2. The van der Waals surface area contributed by atoms with Crippen LogP contribution in [0.5, 0.6) is 0 Å². The van der Waals surface area contributed by atoms with Crippen LogP contribution in [0.15, 0.2) is 18.2 Å². The summed E-state index contributed by atoms with van der Waals surface area (Å²) in [7, 11) is 0. The molecule has 132 valence electrons. The fourth-order valence-electron chi connectivity index (χ4n) is 3.17. The summed E-state index contributed by atoms with van der Waals surface area (Å²) in [5.41, 5.74) is 2.81. The second-order valence-corrected chi connectivity index (χ2v) is 6.33. The molecule has 0 aromatic heterocycles. The number of carbonyl (C=O) groups is 2. The lowest BCUT2D eigenvalue weighted by Crippen LogP contribution is -2.40. The van der Waals surface area contributed by atoms with E-state index in [9.17, 15) is 9.59 Å². The van der Waals surface area contributed by atoms with E-state index in [1.165, 1.54) is 0 Å². The first kappa shape index (κ1) is 18.3. The third-order valence-electron chi connectivity index (χ3n) is 4.67. The smallest absolute Gasteiger partial charge is 0.313 e. The molecule has 5 heteroatoms. The average Bonchev–Trinajstić information content (AvgIpc) is 2.86. The molecular weight excluding hydrogens is 302 g/mol. The Morgan fingerprint density at radius 1 is 1.08 bits per heavy atom. The first-order chi connectivity index (χ1) is 11.6.